The van der Waals surface area contributed by atoms with Crippen molar-refractivity contribution in [2.75, 3.05) is 23.7 Å². The van der Waals surface area contributed by atoms with Crippen LogP contribution >= 0.6 is 0 Å². The highest BCUT2D eigenvalue weighted by molar-refractivity contribution is 5.47. The molecule has 0 unspecified atom stereocenters. The van der Waals surface area contributed by atoms with Gasteiger partial charge < -0.3 is 10.6 Å². The first-order chi connectivity index (χ1) is 8.69. The van der Waals surface area contributed by atoms with Gasteiger partial charge in [-0.2, -0.15) is 0 Å². The van der Waals surface area contributed by atoms with Crippen molar-refractivity contribution in [3.8, 4) is 0 Å². The number of aromatic nitrogens is 2. The molecule has 1 aliphatic rings. The third kappa shape index (κ3) is 3.86. The Hall–Kier alpha value is -1.32. The van der Waals surface area contributed by atoms with Gasteiger partial charge in [-0.1, -0.05) is 26.7 Å². The molecule has 4 nitrogen and oxygen atoms in total. The first-order valence-corrected chi connectivity index (χ1v) is 7.05. The Kier molecular flexibility index (Phi) is 4.39. The fourth-order valence-corrected chi connectivity index (χ4v) is 1.90. The molecule has 0 spiro atoms. The molecule has 2 rings (SSSR count). The highest BCUT2D eigenvalue weighted by Gasteiger charge is 2.20. The summed E-state index contributed by atoms with van der Waals surface area (Å²) < 4.78 is 0. The quantitative estimate of drug-likeness (QED) is 0.777. The second kappa shape index (κ2) is 6.03. The van der Waals surface area contributed by atoms with E-state index >= 15 is 0 Å². The summed E-state index contributed by atoms with van der Waals surface area (Å²) in [5.41, 5.74) is 0. The van der Waals surface area contributed by atoms with Gasteiger partial charge in [0.05, 0.1) is 0 Å². The van der Waals surface area contributed by atoms with E-state index in [1.165, 1.54) is 19.3 Å². The largest absolute Gasteiger partial charge is 0.370 e. The molecule has 0 aliphatic heterocycles. The maximum absolute atomic E-state index is 4.57. The summed E-state index contributed by atoms with van der Waals surface area (Å²) in [6.45, 7) is 8.23. The van der Waals surface area contributed by atoms with Crippen molar-refractivity contribution in [1.29, 1.82) is 0 Å². The van der Waals surface area contributed by atoms with Crippen molar-refractivity contribution in [3.05, 3.63) is 11.9 Å². The SMILES string of the molecule is CCNc1cc(NCCC2CC2)nc(C(C)C)n1. The monoisotopic (exact) mass is 248 g/mol. The van der Waals surface area contributed by atoms with Crippen LogP contribution in [-0.4, -0.2) is 23.1 Å². The lowest BCUT2D eigenvalue weighted by Gasteiger charge is -2.12. The molecule has 1 aromatic rings. The summed E-state index contributed by atoms with van der Waals surface area (Å²) in [6.07, 6.45) is 4.08. The smallest absolute Gasteiger partial charge is 0.135 e. The maximum atomic E-state index is 4.57. The molecule has 1 saturated carbocycles. The van der Waals surface area contributed by atoms with Gasteiger partial charge >= 0.3 is 0 Å². The summed E-state index contributed by atoms with van der Waals surface area (Å²) >= 11 is 0. The molecule has 2 N–H and O–H groups in total. The van der Waals surface area contributed by atoms with Crippen LogP contribution in [0.15, 0.2) is 6.07 Å². The van der Waals surface area contributed by atoms with E-state index in [2.05, 4.69) is 41.4 Å². The first kappa shape index (κ1) is 13.1. The lowest BCUT2D eigenvalue weighted by atomic mass is 10.2. The van der Waals surface area contributed by atoms with Crippen molar-refractivity contribution < 1.29 is 0 Å². The zero-order valence-electron chi connectivity index (χ0n) is 11.7. The molecule has 1 fully saturated rings. The van der Waals surface area contributed by atoms with Crippen LogP contribution in [0.25, 0.3) is 0 Å². The fourth-order valence-electron chi connectivity index (χ4n) is 1.90. The van der Waals surface area contributed by atoms with Crippen molar-refractivity contribution in [2.45, 2.75) is 46.0 Å². The molecule has 1 aromatic heterocycles. The van der Waals surface area contributed by atoms with Crippen LogP contribution < -0.4 is 10.6 Å². The molecule has 0 bridgehead atoms. The van der Waals surface area contributed by atoms with Gasteiger partial charge in [0.1, 0.15) is 17.5 Å². The molecule has 0 aromatic carbocycles. The van der Waals surface area contributed by atoms with Crippen LogP contribution in [0.2, 0.25) is 0 Å². The van der Waals surface area contributed by atoms with Crippen LogP contribution in [-0.2, 0) is 0 Å². The van der Waals surface area contributed by atoms with Gasteiger partial charge in [-0.05, 0) is 19.3 Å². The van der Waals surface area contributed by atoms with E-state index in [1.807, 2.05) is 6.07 Å². The standard InChI is InChI=1S/C14H24N4/c1-4-15-12-9-13(16-8-7-11-5-6-11)18-14(17-12)10(2)3/h9-11H,4-8H2,1-3H3,(H2,15,16,17,18). The number of anilines is 2. The minimum absolute atomic E-state index is 0.354. The van der Waals surface area contributed by atoms with Crippen molar-refractivity contribution in [1.82, 2.24) is 9.97 Å². The van der Waals surface area contributed by atoms with Crippen molar-refractivity contribution >= 4 is 11.6 Å². The molecule has 0 amide bonds. The lowest BCUT2D eigenvalue weighted by molar-refractivity contribution is 0.748. The van der Waals surface area contributed by atoms with E-state index in [0.717, 1.165) is 36.5 Å². The predicted octanol–water partition coefficient (Wildman–Crippen LogP) is 3.24. The second-order valence-corrected chi connectivity index (χ2v) is 5.34. The molecule has 18 heavy (non-hydrogen) atoms. The third-order valence-corrected chi connectivity index (χ3v) is 3.17. The van der Waals surface area contributed by atoms with Crippen molar-refractivity contribution in [2.24, 2.45) is 5.92 Å². The van der Waals surface area contributed by atoms with Gasteiger partial charge in [-0.3, -0.25) is 0 Å². The summed E-state index contributed by atoms with van der Waals surface area (Å²) in [6, 6.07) is 2.00. The summed E-state index contributed by atoms with van der Waals surface area (Å²) in [7, 11) is 0. The Morgan fingerprint density at radius 3 is 2.44 bits per heavy atom. The molecule has 0 saturated heterocycles. The van der Waals surface area contributed by atoms with Crippen molar-refractivity contribution in [3.63, 3.8) is 0 Å². The van der Waals surface area contributed by atoms with E-state index in [0.29, 0.717) is 5.92 Å². The van der Waals surface area contributed by atoms with E-state index in [1.54, 1.807) is 0 Å². The number of rotatable bonds is 7. The summed E-state index contributed by atoms with van der Waals surface area (Å²) in [5.74, 6) is 4.09. The highest BCUT2D eigenvalue weighted by Crippen LogP contribution is 2.32. The normalized spacial score (nSPS) is 14.9. The van der Waals surface area contributed by atoms with E-state index in [-0.39, 0.29) is 0 Å². The van der Waals surface area contributed by atoms with Crippen LogP contribution in [0.5, 0.6) is 0 Å². The lowest BCUT2D eigenvalue weighted by Crippen LogP contribution is -2.10. The molecule has 4 heteroatoms. The minimum Gasteiger partial charge on any atom is -0.370 e. The molecular formula is C14H24N4. The fraction of sp³-hybridized carbons (Fsp3) is 0.714. The van der Waals surface area contributed by atoms with Gasteiger partial charge in [-0.15, -0.1) is 0 Å². The van der Waals surface area contributed by atoms with Gasteiger partial charge in [0.25, 0.3) is 0 Å². The number of nitrogens with one attached hydrogen (secondary N) is 2. The Bertz CT molecular complexity index is 385. The Balaban J connectivity index is 2.00. The Morgan fingerprint density at radius 1 is 1.22 bits per heavy atom. The number of hydrogen-bond acceptors (Lipinski definition) is 4. The highest BCUT2D eigenvalue weighted by atomic mass is 15.1. The predicted molar refractivity (Wildman–Crippen MR) is 76.1 cm³/mol. The number of nitrogens with zero attached hydrogens (tertiary/aromatic N) is 2. The van der Waals surface area contributed by atoms with Crippen LogP contribution in [0.1, 0.15) is 51.8 Å². The summed E-state index contributed by atoms with van der Waals surface area (Å²) in [5, 5.41) is 6.68. The maximum Gasteiger partial charge on any atom is 0.135 e. The number of hydrogen-bond donors (Lipinski definition) is 2. The molecular weight excluding hydrogens is 224 g/mol. The molecule has 0 atom stereocenters. The minimum atomic E-state index is 0.354. The van der Waals surface area contributed by atoms with Gasteiger partial charge in [0.2, 0.25) is 0 Å². The van der Waals surface area contributed by atoms with E-state index in [9.17, 15) is 0 Å². The Labute approximate surface area is 110 Å². The van der Waals surface area contributed by atoms with Gasteiger partial charge in [0.15, 0.2) is 0 Å². The van der Waals surface area contributed by atoms with Gasteiger partial charge in [-0.25, -0.2) is 9.97 Å². The van der Waals surface area contributed by atoms with Crippen LogP contribution in [0, 0.1) is 5.92 Å². The van der Waals surface area contributed by atoms with Crippen LogP contribution in [0.4, 0.5) is 11.6 Å². The van der Waals surface area contributed by atoms with Crippen LogP contribution in [0.3, 0.4) is 0 Å². The average Bonchev–Trinajstić information content (AvgIpc) is 3.13. The molecule has 0 radical (unpaired) electrons. The third-order valence-electron chi connectivity index (χ3n) is 3.17. The topological polar surface area (TPSA) is 49.8 Å². The first-order valence-electron chi connectivity index (χ1n) is 7.05. The van der Waals surface area contributed by atoms with E-state index in [4.69, 9.17) is 0 Å². The molecule has 100 valence electrons. The second-order valence-electron chi connectivity index (χ2n) is 5.34. The van der Waals surface area contributed by atoms with E-state index < -0.39 is 0 Å². The molecule has 1 aliphatic carbocycles. The molecule has 1 heterocycles. The van der Waals surface area contributed by atoms with Gasteiger partial charge in [0, 0.05) is 25.1 Å². The zero-order chi connectivity index (χ0) is 13.0. The zero-order valence-corrected chi connectivity index (χ0v) is 11.7. The Morgan fingerprint density at radius 2 is 1.89 bits per heavy atom. The summed E-state index contributed by atoms with van der Waals surface area (Å²) in [4.78, 5) is 9.09. The average molecular weight is 248 g/mol.